The van der Waals surface area contributed by atoms with Crippen molar-refractivity contribution in [2.45, 2.75) is 0 Å². The fraction of sp³-hybridized carbons (Fsp3) is 0. The number of aromatic carboxylic acids is 1. The fourth-order valence-corrected chi connectivity index (χ4v) is 1.52. The average molecular weight is 241 g/mol. The summed E-state index contributed by atoms with van der Waals surface area (Å²) in [4.78, 5) is 14.4. The van der Waals surface area contributed by atoms with Crippen LogP contribution in [0.2, 0.25) is 0 Å². The SMILES string of the molecule is O=C(O)c1cn2c(Br)ccc2cn1. The number of aromatic nitrogens is 2. The Bertz CT molecular complexity index is 478. The predicted octanol–water partition coefficient (Wildman–Crippen LogP) is 1.79. The minimum Gasteiger partial charge on any atom is -0.476 e. The van der Waals surface area contributed by atoms with Crippen molar-refractivity contribution in [1.82, 2.24) is 9.38 Å². The highest BCUT2D eigenvalue weighted by molar-refractivity contribution is 9.10. The molecule has 0 amide bonds. The predicted molar refractivity (Wildman–Crippen MR) is 49.9 cm³/mol. The Morgan fingerprint density at radius 1 is 1.54 bits per heavy atom. The molecule has 0 spiro atoms. The second-order valence-electron chi connectivity index (χ2n) is 2.53. The molecule has 4 nitrogen and oxygen atoms in total. The van der Waals surface area contributed by atoms with Crippen LogP contribution in [0, 0.1) is 0 Å². The summed E-state index contributed by atoms with van der Waals surface area (Å²) in [6, 6.07) is 3.69. The Labute approximate surface area is 82.0 Å². The van der Waals surface area contributed by atoms with E-state index in [-0.39, 0.29) is 5.69 Å². The molecule has 0 aliphatic heterocycles. The topological polar surface area (TPSA) is 54.6 Å². The summed E-state index contributed by atoms with van der Waals surface area (Å²) < 4.78 is 2.53. The third kappa shape index (κ3) is 1.31. The van der Waals surface area contributed by atoms with E-state index in [1.54, 1.807) is 4.40 Å². The summed E-state index contributed by atoms with van der Waals surface area (Å²) in [5, 5.41) is 8.68. The van der Waals surface area contributed by atoms with Crippen LogP contribution in [0.25, 0.3) is 5.52 Å². The lowest BCUT2D eigenvalue weighted by molar-refractivity contribution is 0.0690. The van der Waals surface area contributed by atoms with Gasteiger partial charge in [-0.25, -0.2) is 9.78 Å². The van der Waals surface area contributed by atoms with Crippen molar-refractivity contribution in [3.8, 4) is 0 Å². The smallest absolute Gasteiger partial charge is 0.356 e. The van der Waals surface area contributed by atoms with Crippen LogP contribution in [-0.2, 0) is 0 Å². The molecule has 0 saturated carbocycles. The van der Waals surface area contributed by atoms with E-state index in [1.807, 2.05) is 12.1 Å². The van der Waals surface area contributed by atoms with Crippen LogP contribution in [0.15, 0.2) is 29.1 Å². The summed E-state index contributed by atoms with van der Waals surface area (Å²) in [5.74, 6) is -1.03. The number of hydrogen-bond acceptors (Lipinski definition) is 2. The van der Waals surface area contributed by atoms with E-state index < -0.39 is 5.97 Å². The summed E-state index contributed by atoms with van der Waals surface area (Å²) in [6.07, 6.45) is 3.00. The van der Waals surface area contributed by atoms with Crippen molar-refractivity contribution >= 4 is 27.4 Å². The number of hydrogen-bond donors (Lipinski definition) is 1. The van der Waals surface area contributed by atoms with Gasteiger partial charge in [0, 0.05) is 6.20 Å². The Morgan fingerprint density at radius 3 is 3.00 bits per heavy atom. The van der Waals surface area contributed by atoms with Crippen LogP contribution < -0.4 is 0 Å². The van der Waals surface area contributed by atoms with Crippen LogP contribution in [0.1, 0.15) is 10.5 Å². The molecule has 2 rings (SSSR count). The normalized spacial score (nSPS) is 10.5. The van der Waals surface area contributed by atoms with E-state index >= 15 is 0 Å². The van der Waals surface area contributed by atoms with Gasteiger partial charge in [-0.15, -0.1) is 0 Å². The number of halogens is 1. The number of rotatable bonds is 1. The van der Waals surface area contributed by atoms with E-state index in [2.05, 4.69) is 20.9 Å². The number of nitrogens with zero attached hydrogens (tertiary/aromatic N) is 2. The third-order valence-electron chi connectivity index (χ3n) is 1.71. The molecule has 13 heavy (non-hydrogen) atoms. The molecule has 66 valence electrons. The molecule has 2 aromatic heterocycles. The lowest BCUT2D eigenvalue weighted by Gasteiger charge is -1.97. The Morgan fingerprint density at radius 2 is 2.31 bits per heavy atom. The number of carboxylic acids is 1. The lowest BCUT2D eigenvalue weighted by Crippen LogP contribution is -2.01. The zero-order valence-corrected chi connectivity index (χ0v) is 8.02. The number of carboxylic acid groups (broad SMARTS) is 1. The van der Waals surface area contributed by atoms with E-state index in [0.717, 1.165) is 10.1 Å². The molecular formula is C8H5BrN2O2. The number of fused-ring (bicyclic) bond motifs is 1. The van der Waals surface area contributed by atoms with Crippen molar-refractivity contribution in [1.29, 1.82) is 0 Å². The van der Waals surface area contributed by atoms with Gasteiger partial charge < -0.3 is 9.51 Å². The van der Waals surface area contributed by atoms with Gasteiger partial charge in [-0.05, 0) is 28.1 Å². The average Bonchev–Trinajstić information content (AvgIpc) is 2.47. The molecule has 0 saturated heterocycles. The first-order valence-corrected chi connectivity index (χ1v) is 4.33. The van der Waals surface area contributed by atoms with E-state index in [9.17, 15) is 4.79 Å². The summed E-state index contributed by atoms with van der Waals surface area (Å²) in [6.45, 7) is 0. The minimum atomic E-state index is -1.03. The van der Waals surface area contributed by atoms with Crippen molar-refractivity contribution in [2.75, 3.05) is 0 Å². The number of carbonyl (C=O) groups is 1. The molecule has 0 aliphatic rings. The highest BCUT2D eigenvalue weighted by atomic mass is 79.9. The summed E-state index contributed by atoms with van der Waals surface area (Å²) >= 11 is 3.29. The van der Waals surface area contributed by atoms with Crippen molar-refractivity contribution in [3.05, 3.63) is 34.8 Å². The monoisotopic (exact) mass is 240 g/mol. The quantitative estimate of drug-likeness (QED) is 0.828. The largest absolute Gasteiger partial charge is 0.476 e. The highest BCUT2D eigenvalue weighted by Gasteiger charge is 2.06. The summed E-state index contributed by atoms with van der Waals surface area (Å²) in [7, 11) is 0. The molecule has 0 bridgehead atoms. The fourth-order valence-electron chi connectivity index (χ4n) is 1.08. The van der Waals surface area contributed by atoms with Gasteiger partial charge in [0.25, 0.3) is 0 Å². The maximum atomic E-state index is 10.6. The standard InChI is InChI=1S/C8H5BrN2O2/c9-7-2-1-5-3-10-6(8(12)13)4-11(5)7/h1-4H,(H,12,13). The molecule has 1 N–H and O–H groups in total. The van der Waals surface area contributed by atoms with E-state index in [0.29, 0.717) is 0 Å². The van der Waals surface area contributed by atoms with Crippen LogP contribution >= 0.6 is 15.9 Å². The molecule has 2 aromatic rings. The van der Waals surface area contributed by atoms with Crippen LogP contribution in [0.3, 0.4) is 0 Å². The van der Waals surface area contributed by atoms with Gasteiger partial charge in [0.05, 0.1) is 16.3 Å². The molecule has 0 radical (unpaired) electrons. The lowest BCUT2D eigenvalue weighted by atomic mass is 10.4. The molecule has 0 aliphatic carbocycles. The molecular weight excluding hydrogens is 236 g/mol. The highest BCUT2D eigenvalue weighted by Crippen LogP contribution is 2.15. The van der Waals surface area contributed by atoms with E-state index in [4.69, 9.17) is 5.11 Å². The van der Waals surface area contributed by atoms with Gasteiger partial charge in [-0.1, -0.05) is 0 Å². The first kappa shape index (κ1) is 8.25. The molecule has 0 atom stereocenters. The molecule has 0 aromatic carbocycles. The first-order valence-electron chi connectivity index (χ1n) is 3.54. The van der Waals surface area contributed by atoms with Crippen molar-refractivity contribution < 1.29 is 9.90 Å². The minimum absolute atomic E-state index is 0.0319. The zero-order valence-electron chi connectivity index (χ0n) is 6.44. The second-order valence-corrected chi connectivity index (χ2v) is 3.34. The van der Waals surface area contributed by atoms with Gasteiger partial charge >= 0.3 is 5.97 Å². The van der Waals surface area contributed by atoms with Crippen LogP contribution in [-0.4, -0.2) is 20.5 Å². The van der Waals surface area contributed by atoms with Gasteiger partial charge in [0.1, 0.15) is 0 Å². The Hall–Kier alpha value is -1.36. The summed E-state index contributed by atoms with van der Waals surface area (Å²) in [5.41, 5.74) is 0.890. The zero-order chi connectivity index (χ0) is 9.42. The first-order chi connectivity index (χ1) is 6.18. The molecule has 5 heteroatoms. The van der Waals surface area contributed by atoms with Gasteiger partial charge in [0.2, 0.25) is 0 Å². The Kier molecular flexibility index (Phi) is 1.81. The van der Waals surface area contributed by atoms with Crippen LogP contribution in [0.5, 0.6) is 0 Å². The molecule has 0 unspecified atom stereocenters. The van der Waals surface area contributed by atoms with Gasteiger partial charge in [0.15, 0.2) is 5.69 Å². The van der Waals surface area contributed by atoms with Gasteiger partial charge in [-0.3, -0.25) is 0 Å². The van der Waals surface area contributed by atoms with Crippen LogP contribution in [0.4, 0.5) is 0 Å². The van der Waals surface area contributed by atoms with Crippen molar-refractivity contribution in [3.63, 3.8) is 0 Å². The van der Waals surface area contributed by atoms with E-state index in [1.165, 1.54) is 12.4 Å². The third-order valence-corrected chi connectivity index (χ3v) is 2.35. The Balaban J connectivity index is 2.72. The second kappa shape index (κ2) is 2.85. The van der Waals surface area contributed by atoms with Gasteiger partial charge in [-0.2, -0.15) is 0 Å². The van der Waals surface area contributed by atoms with Crippen molar-refractivity contribution in [2.24, 2.45) is 0 Å². The molecule has 2 heterocycles. The maximum Gasteiger partial charge on any atom is 0.356 e. The maximum absolute atomic E-state index is 10.6. The molecule has 0 fully saturated rings.